The first-order chi connectivity index (χ1) is 8.41. The molecule has 1 amide bonds. The minimum Gasteiger partial charge on any atom is -0.350 e. The quantitative estimate of drug-likeness (QED) is 0.885. The minimum atomic E-state index is -0.915. The average molecular weight is 334 g/mol. The molecule has 1 atom stereocenters. The molecule has 0 fully saturated rings. The predicted octanol–water partition coefficient (Wildman–Crippen LogP) is 1.47. The molecule has 1 unspecified atom stereocenters. The van der Waals surface area contributed by atoms with E-state index in [1.54, 1.807) is 12.5 Å². The van der Waals surface area contributed by atoms with Crippen molar-refractivity contribution >= 4 is 32.6 Å². The third-order valence-electron chi connectivity index (χ3n) is 2.17. The van der Waals surface area contributed by atoms with Crippen LogP contribution in [0.1, 0.15) is 36.1 Å². The Morgan fingerprint density at radius 3 is 2.78 bits per heavy atom. The summed E-state index contributed by atoms with van der Waals surface area (Å²) in [6, 6.07) is 0. The molecule has 0 saturated heterocycles. The smallest absolute Gasteiger partial charge is 0.271 e. The molecule has 0 aromatic carbocycles. The molecule has 0 aliphatic carbocycles. The van der Waals surface area contributed by atoms with Crippen molar-refractivity contribution in [3.05, 3.63) is 22.2 Å². The second-order valence-electron chi connectivity index (χ2n) is 4.11. The summed E-state index contributed by atoms with van der Waals surface area (Å²) in [5.41, 5.74) is 0.315. The van der Waals surface area contributed by atoms with Gasteiger partial charge in [0.05, 0.1) is 4.47 Å². The number of hydrogen-bond acceptors (Lipinski definition) is 4. The molecule has 0 saturated carbocycles. The summed E-state index contributed by atoms with van der Waals surface area (Å²) in [6.07, 6.45) is 3.18. The molecular weight excluding hydrogens is 318 g/mol. The molecule has 0 radical (unpaired) electrons. The maximum atomic E-state index is 11.9. The predicted molar refractivity (Wildman–Crippen MR) is 75.1 cm³/mol. The van der Waals surface area contributed by atoms with Crippen molar-refractivity contribution in [2.75, 3.05) is 18.6 Å². The highest BCUT2D eigenvalue weighted by molar-refractivity contribution is 9.10. The lowest BCUT2D eigenvalue weighted by molar-refractivity contribution is 0.0950. The summed E-state index contributed by atoms with van der Waals surface area (Å²) in [5.74, 6) is 0.942. The van der Waals surface area contributed by atoms with E-state index in [1.165, 1.54) is 0 Å². The van der Waals surface area contributed by atoms with Gasteiger partial charge in [-0.25, -0.2) is 9.97 Å². The normalized spacial score (nSPS) is 12.5. The summed E-state index contributed by atoms with van der Waals surface area (Å²) in [7, 11) is -0.915. The zero-order chi connectivity index (χ0) is 13.7. The lowest BCUT2D eigenvalue weighted by Gasteiger charge is -2.08. The second kappa shape index (κ2) is 6.94. The van der Waals surface area contributed by atoms with E-state index in [9.17, 15) is 9.00 Å². The highest BCUT2D eigenvalue weighted by atomic mass is 79.9. The van der Waals surface area contributed by atoms with Gasteiger partial charge in [-0.1, -0.05) is 13.8 Å². The van der Waals surface area contributed by atoms with Gasteiger partial charge in [0.25, 0.3) is 5.91 Å². The van der Waals surface area contributed by atoms with Crippen LogP contribution in [-0.4, -0.2) is 38.6 Å². The first-order valence-electron chi connectivity index (χ1n) is 5.52. The van der Waals surface area contributed by atoms with E-state index < -0.39 is 10.8 Å². The number of hydrogen-bond donors (Lipinski definition) is 1. The van der Waals surface area contributed by atoms with Crippen molar-refractivity contribution in [2.45, 2.75) is 19.8 Å². The van der Waals surface area contributed by atoms with Crippen molar-refractivity contribution in [1.29, 1.82) is 0 Å². The second-order valence-corrected chi connectivity index (χ2v) is 6.52. The van der Waals surface area contributed by atoms with Gasteiger partial charge >= 0.3 is 0 Å². The van der Waals surface area contributed by atoms with Crippen LogP contribution >= 0.6 is 15.9 Å². The van der Waals surface area contributed by atoms with Gasteiger partial charge in [-0.15, -0.1) is 0 Å². The number of aromatic nitrogens is 2. The van der Waals surface area contributed by atoms with Crippen LogP contribution in [0.15, 0.2) is 10.7 Å². The Kier molecular flexibility index (Phi) is 5.87. The van der Waals surface area contributed by atoms with E-state index in [-0.39, 0.29) is 11.8 Å². The highest BCUT2D eigenvalue weighted by Crippen LogP contribution is 2.16. The number of rotatable bonds is 5. The fourth-order valence-corrected chi connectivity index (χ4v) is 1.97. The molecule has 0 bridgehead atoms. The maximum absolute atomic E-state index is 11.9. The largest absolute Gasteiger partial charge is 0.350 e. The number of carbonyl (C=O) groups is 1. The molecule has 1 N–H and O–H groups in total. The first kappa shape index (κ1) is 15.2. The van der Waals surface area contributed by atoms with Gasteiger partial charge in [0, 0.05) is 41.5 Å². The van der Waals surface area contributed by atoms with E-state index >= 15 is 0 Å². The number of nitrogens with zero attached hydrogens (tertiary/aromatic N) is 2. The molecule has 7 heteroatoms. The SMILES string of the molecule is CC(C)c1ncc(Br)c(C(=O)NCCS(C)=O)n1. The van der Waals surface area contributed by atoms with Gasteiger partial charge in [0.15, 0.2) is 0 Å². The number of halogens is 1. The molecular formula is C11H16BrN3O2S. The fraction of sp³-hybridized carbons (Fsp3) is 0.545. The van der Waals surface area contributed by atoms with Crippen LogP contribution in [0.4, 0.5) is 0 Å². The Morgan fingerprint density at radius 1 is 1.56 bits per heavy atom. The summed E-state index contributed by atoms with van der Waals surface area (Å²) in [6.45, 7) is 4.30. The molecule has 1 aromatic heterocycles. The zero-order valence-corrected chi connectivity index (χ0v) is 13.0. The zero-order valence-electron chi connectivity index (χ0n) is 10.6. The fourth-order valence-electron chi connectivity index (χ4n) is 1.21. The van der Waals surface area contributed by atoms with E-state index in [2.05, 4.69) is 31.2 Å². The van der Waals surface area contributed by atoms with E-state index in [1.807, 2.05) is 13.8 Å². The van der Waals surface area contributed by atoms with Crippen molar-refractivity contribution in [1.82, 2.24) is 15.3 Å². The average Bonchev–Trinajstić information content (AvgIpc) is 2.28. The van der Waals surface area contributed by atoms with Gasteiger partial charge in [-0.05, 0) is 15.9 Å². The van der Waals surface area contributed by atoms with Gasteiger partial charge in [-0.2, -0.15) is 0 Å². The van der Waals surface area contributed by atoms with Gasteiger partial charge < -0.3 is 5.32 Å². The summed E-state index contributed by atoms with van der Waals surface area (Å²) >= 11 is 3.26. The Morgan fingerprint density at radius 2 is 2.22 bits per heavy atom. The Hall–Kier alpha value is -0.820. The Labute approximate surface area is 117 Å². The molecule has 0 aliphatic heterocycles. The number of carbonyl (C=O) groups excluding carboxylic acids is 1. The van der Waals surface area contributed by atoms with Crippen molar-refractivity contribution < 1.29 is 9.00 Å². The van der Waals surface area contributed by atoms with Crippen LogP contribution in [-0.2, 0) is 10.8 Å². The van der Waals surface area contributed by atoms with Crippen molar-refractivity contribution in [2.24, 2.45) is 0 Å². The summed E-state index contributed by atoms with van der Waals surface area (Å²) in [4.78, 5) is 20.3. The van der Waals surface area contributed by atoms with Crippen LogP contribution in [0.25, 0.3) is 0 Å². The molecule has 18 heavy (non-hydrogen) atoms. The third kappa shape index (κ3) is 4.45. The molecule has 100 valence electrons. The highest BCUT2D eigenvalue weighted by Gasteiger charge is 2.14. The number of amides is 1. The third-order valence-corrected chi connectivity index (χ3v) is 3.53. The molecule has 1 rings (SSSR count). The molecule has 5 nitrogen and oxygen atoms in total. The van der Waals surface area contributed by atoms with Gasteiger partial charge in [0.1, 0.15) is 11.5 Å². The summed E-state index contributed by atoms with van der Waals surface area (Å²) < 4.78 is 11.5. The Balaban J connectivity index is 2.78. The van der Waals surface area contributed by atoms with Crippen LogP contribution < -0.4 is 5.32 Å². The van der Waals surface area contributed by atoms with Gasteiger partial charge in [0.2, 0.25) is 0 Å². The molecule has 0 aliphatic rings. The molecule has 0 spiro atoms. The monoisotopic (exact) mass is 333 g/mol. The maximum Gasteiger partial charge on any atom is 0.271 e. The first-order valence-corrected chi connectivity index (χ1v) is 8.04. The van der Waals surface area contributed by atoms with Crippen LogP contribution in [0.3, 0.4) is 0 Å². The molecule has 1 heterocycles. The van der Waals surface area contributed by atoms with Crippen molar-refractivity contribution in [3.8, 4) is 0 Å². The molecule has 1 aromatic rings. The number of nitrogens with one attached hydrogen (secondary N) is 1. The topological polar surface area (TPSA) is 72.0 Å². The van der Waals surface area contributed by atoms with E-state index in [4.69, 9.17) is 0 Å². The Bertz CT molecular complexity index is 466. The van der Waals surface area contributed by atoms with E-state index in [0.717, 1.165) is 0 Å². The van der Waals surface area contributed by atoms with Crippen LogP contribution in [0.5, 0.6) is 0 Å². The van der Waals surface area contributed by atoms with Crippen LogP contribution in [0.2, 0.25) is 0 Å². The lowest BCUT2D eigenvalue weighted by Crippen LogP contribution is -2.29. The van der Waals surface area contributed by atoms with Crippen LogP contribution in [0, 0.1) is 0 Å². The lowest BCUT2D eigenvalue weighted by atomic mass is 10.2. The standard InChI is InChI=1S/C11H16BrN3O2S/c1-7(2)10-14-6-8(12)9(15-10)11(16)13-4-5-18(3)17/h6-7H,4-5H2,1-3H3,(H,13,16). The van der Waals surface area contributed by atoms with Gasteiger partial charge in [-0.3, -0.25) is 9.00 Å². The minimum absolute atomic E-state index is 0.160. The van der Waals surface area contributed by atoms with Crippen molar-refractivity contribution in [3.63, 3.8) is 0 Å². The summed E-state index contributed by atoms with van der Waals surface area (Å²) in [5, 5.41) is 2.68. The van der Waals surface area contributed by atoms with E-state index in [0.29, 0.717) is 28.3 Å².